The Labute approximate surface area is 151 Å². The minimum Gasteiger partial charge on any atom is -0.394 e. The molecule has 0 saturated carbocycles. The topological polar surface area (TPSA) is 130 Å². The van der Waals surface area contributed by atoms with Gasteiger partial charge in [-0.15, -0.1) is 0 Å². The number of aliphatic hydroxyl groups is 4. The summed E-state index contributed by atoms with van der Waals surface area (Å²) < 4.78 is 0. The Morgan fingerprint density at radius 1 is 0.885 bits per heavy atom. The summed E-state index contributed by atoms with van der Waals surface area (Å²) in [6.07, 6.45) is -3.47. The van der Waals surface area contributed by atoms with Crippen LogP contribution in [-0.2, 0) is 0 Å². The van der Waals surface area contributed by atoms with E-state index in [9.17, 15) is 15.3 Å². The fourth-order valence-corrected chi connectivity index (χ4v) is 1.99. The molecule has 2 aromatic carbocycles. The SMILES string of the molecule is OC[C@@H](O)[C@@H](O)[C@H](O)C(/C=N/Nc1ccccc1)=N\Nc1ccccc1. The summed E-state index contributed by atoms with van der Waals surface area (Å²) in [4.78, 5) is 0. The van der Waals surface area contributed by atoms with Crippen molar-refractivity contribution in [2.24, 2.45) is 10.2 Å². The lowest BCUT2D eigenvalue weighted by molar-refractivity contribution is -0.0548. The number of hydrogen-bond acceptors (Lipinski definition) is 8. The van der Waals surface area contributed by atoms with Crippen LogP contribution in [0.5, 0.6) is 0 Å². The molecular formula is C18H22N4O4. The first kappa shape index (κ1) is 19.5. The van der Waals surface area contributed by atoms with Crippen LogP contribution in [0.1, 0.15) is 0 Å². The summed E-state index contributed by atoms with van der Waals surface area (Å²) in [7, 11) is 0. The maximum Gasteiger partial charge on any atom is 0.128 e. The van der Waals surface area contributed by atoms with E-state index in [0.717, 1.165) is 5.69 Å². The van der Waals surface area contributed by atoms with Crippen molar-refractivity contribution in [3.05, 3.63) is 60.7 Å². The third kappa shape index (κ3) is 5.94. The summed E-state index contributed by atoms with van der Waals surface area (Å²) in [5, 5.41) is 46.7. The predicted molar refractivity (Wildman–Crippen MR) is 101 cm³/mol. The molecule has 2 aromatic rings. The van der Waals surface area contributed by atoms with E-state index in [-0.39, 0.29) is 5.71 Å². The summed E-state index contributed by atoms with van der Waals surface area (Å²) in [6, 6.07) is 18.1. The fourth-order valence-electron chi connectivity index (χ4n) is 1.99. The molecule has 0 aliphatic rings. The number of rotatable bonds is 9. The van der Waals surface area contributed by atoms with Gasteiger partial charge < -0.3 is 20.4 Å². The first-order chi connectivity index (χ1) is 12.6. The molecule has 0 fully saturated rings. The van der Waals surface area contributed by atoms with Crippen molar-refractivity contribution < 1.29 is 20.4 Å². The molecule has 0 saturated heterocycles. The van der Waals surface area contributed by atoms with Crippen molar-refractivity contribution in [3.63, 3.8) is 0 Å². The van der Waals surface area contributed by atoms with E-state index >= 15 is 0 Å². The number of benzene rings is 2. The van der Waals surface area contributed by atoms with Crippen molar-refractivity contribution >= 4 is 23.3 Å². The third-order valence-electron chi connectivity index (χ3n) is 3.46. The van der Waals surface area contributed by atoms with Crippen LogP contribution in [0.15, 0.2) is 70.9 Å². The summed E-state index contributed by atoms with van der Waals surface area (Å²) >= 11 is 0. The number of aliphatic hydroxyl groups excluding tert-OH is 4. The second-order valence-corrected chi connectivity index (χ2v) is 5.44. The van der Waals surface area contributed by atoms with E-state index in [1.54, 1.807) is 24.3 Å². The number of para-hydroxylation sites is 2. The molecule has 0 bridgehead atoms. The van der Waals surface area contributed by atoms with Gasteiger partial charge in [0.2, 0.25) is 0 Å². The number of nitrogens with zero attached hydrogens (tertiary/aromatic N) is 2. The number of hydrogen-bond donors (Lipinski definition) is 6. The van der Waals surface area contributed by atoms with E-state index in [4.69, 9.17) is 5.11 Å². The van der Waals surface area contributed by atoms with Crippen LogP contribution in [0.2, 0.25) is 0 Å². The quantitative estimate of drug-likeness (QED) is 0.288. The molecule has 26 heavy (non-hydrogen) atoms. The zero-order valence-corrected chi connectivity index (χ0v) is 14.0. The summed E-state index contributed by atoms with van der Waals surface area (Å²) in [6.45, 7) is -0.697. The van der Waals surface area contributed by atoms with Gasteiger partial charge in [0, 0.05) is 0 Å². The van der Waals surface area contributed by atoms with E-state index in [1.165, 1.54) is 6.21 Å². The van der Waals surface area contributed by atoms with Gasteiger partial charge in [-0.1, -0.05) is 36.4 Å². The van der Waals surface area contributed by atoms with Gasteiger partial charge in [0.1, 0.15) is 24.0 Å². The Kier molecular flexibility index (Phi) is 7.72. The molecule has 0 aliphatic heterocycles. The highest BCUT2D eigenvalue weighted by Crippen LogP contribution is 2.08. The lowest BCUT2D eigenvalue weighted by Crippen LogP contribution is -2.44. The molecular weight excluding hydrogens is 336 g/mol. The van der Waals surface area contributed by atoms with Crippen LogP contribution in [0.4, 0.5) is 11.4 Å². The van der Waals surface area contributed by atoms with E-state index in [1.807, 2.05) is 36.4 Å². The maximum atomic E-state index is 10.2. The van der Waals surface area contributed by atoms with Crippen molar-refractivity contribution in [2.75, 3.05) is 17.5 Å². The Hall–Kier alpha value is -2.78. The highest BCUT2D eigenvalue weighted by atomic mass is 16.4. The van der Waals surface area contributed by atoms with E-state index in [0.29, 0.717) is 5.69 Å². The van der Waals surface area contributed by atoms with Crippen LogP contribution < -0.4 is 10.9 Å². The summed E-state index contributed by atoms with van der Waals surface area (Å²) in [5.74, 6) is 0. The molecule has 0 amide bonds. The molecule has 0 aromatic heterocycles. The predicted octanol–water partition coefficient (Wildman–Crippen LogP) is 0.627. The van der Waals surface area contributed by atoms with Crippen LogP contribution >= 0.6 is 0 Å². The zero-order chi connectivity index (χ0) is 18.8. The first-order valence-electron chi connectivity index (χ1n) is 7.99. The largest absolute Gasteiger partial charge is 0.394 e. The molecule has 3 atom stereocenters. The highest BCUT2D eigenvalue weighted by Gasteiger charge is 2.27. The molecule has 0 radical (unpaired) electrons. The standard InChI is InChI=1S/C18H22N4O4/c23-12-16(24)18(26)17(25)15(22-21-14-9-5-2-6-10-14)11-19-20-13-7-3-1-4-8-13/h1-11,16-18,20-21,23-26H,12H2/b19-11+,22-15-/t16-,17-,18-/m1/s1. The zero-order valence-electron chi connectivity index (χ0n) is 14.0. The van der Waals surface area contributed by atoms with Gasteiger partial charge in [0.25, 0.3) is 0 Å². The van der Waals surface area contributed by atoms with Gasteiger partial charge in [-0.2, -0.15) is 10.2 Å². The molecule has 0 aliphatic carbocycles. The first-order valence-corrected chi connectivity index (χ1v) is 7.99. The van der Waals surface area contributed by atoms with Crippen LogP contribution in [0.25, 0.3) is 0 Å². The number of nitrogens with one attached hydrogen (secondary N) is 2. The third-order valence-corrected chi connectivity index (χ3v) is 3.46. The number of anilines is 2. The Morgan fingerprint density at radius 3 is 1.96 bits per heavy atom. The molecule has 6 N–H and O–H groups in total. The summed E-state index contributed by atoms with van der Waals surface area (Å²) in [5.41, 5.74) is 6.87. The molecule has 8 heteroatoms. The monoisotopic (exact) mass is 358 g/mol. The second-order valence-electron chi connectivity index (χ2n) is 5.44. The van der Waals surface area contributed by atoms with Crippen LogP contribution in [0, 0.1) is 0 Å². The number of hydrazone groups is 2. The molecule has 8 nitrogen and oxygen atoms in total. The van der Waals surface area contributed by atoms with Gasteiger partial charge in [-0.25, -0.2) is 0 Å². The van der Waals surface area contributed by atoms with Crippen molar-refractivity contribution in [3.8, 4) is 0 Å². The fraction of sp³-hybridized carbons (Fsp3) is 0.222. The smallest absolute Gasteiger partial charge is 0.128 e. The van der Waals surface area contributed by atoms with Gasteiger partial charge in [0.15, 0.2) is 0 Å². The molecule has 0 spiro atoms. The van der Waals surface area contributed by atoms with Gasteiger partial charge >= 0.3 is 0 Å². The lowest BCUT2D eigenvalue weighted by Gasteiger charge is -2.21. The molecule has 0 unspecified atom stereocenters. The Balaban J connectivity index is 2.14. The van der Waals surface area contributed by atoms with Crippen molar-refractivity contribution in [1.82, 2.24) is 0 Å². The van der Waals surface area contributed by atoms with E-state index in [2.05, 4.69) is 21.1 Å². The van der Waals surface area contributed by atoms with Gasteiger partial charge in [-0.05, 0) is 24.3 Å². The van der Waals surface area contributed by atoms with Crippen LogP contribution in [-0.4, -0.2) is 57.3 Å². The molecule has 0 heterocycles. The average molecular weight is 358 g/mol. The minimum atomic E-state index is -1.63. The lowest BCUT2D eigenvalue weighted by atomic mass is 10.0. The van der Waals surface area contributed by atoms with Crippen molar-refractivity contribution in [2.45, 2.75) is 18.3 Å². The molecule has 138 valence electrons. The van der Waals surface area contributed by atoms with Gasteiger partial charge in [-0.3, -0.25) is 10.9 Å². The normalized spacial score (nSPS) is 15.5. The minimum absolute atomic E-state index is 0.0303. The maximum absolute atomic E-state index is 10.2. The van der Waals surface area contributed by atoms with Crippen molar-refractivity contribution in [1.29, 1.82) is 0 Å². The van der Waals surface area contributed by atoms with Gasteiger partial charge in [0.05, 0.1) is 24.2 Å². The molecule has 2 rings (SSSR count). The second kappa shape index (κ2) is 10.3. The Bertz CT molecular complexity index is 710. The Morgan fingerprint density at radius 2 is 1.42 bits per heavy atom. The average Bonchev–Trinajstić information content (AvgIpc) is 2.70. The highest BCUT2D eigenvalue weighted by molar-refractivity contribution is 6.33. The van der Waals surface area contributed by atoms with E-state index < -0.39 is 24.9 Å². The van der Waals surface area contributed by atoms with Crippen LogP contribution in [0.3, 0.4) is 0 Å².